The Labute approximate surface area is 211 Å². The predicted octanol–water partition coefficient (Wildman–Crippen LogP) is 7.92. The lowest BCUT2D eigenvalue weighted by molar-refractivity contribution is -0.137. The van der Waals surface area contributed by atoms with E-state index in [-0.39, 0.29) is 29.9 Å². The van der Waals surface area contributed by atoms with Crippen LogP contribution in [0.3, 0.4) is 0 Å². The first kappa shape index (κ1) is 26.8. The van der Waals surface area contributed by atoms with Crippen molar-refractivity contribution in [1.29, 1.82) is 0 Å². The second-order valence-electron chi connectivity index (χ2n) is 9.87. The molecule has 0 bridgehead atoms. The van der Waals surface area contributed by atoms with Gasteiger partial charge in [0, 0.05) is 35.5 Å². The van der Waals surface area contributed by atoms with E-state index in [1.165, 1.54) is 0 Å². The van der Waals surface area contributed by atoms with Crippen molar-refractivity contribution in [2.75, 3.05) is 6.61 Å². The van der Waals surface area contributed by atoms with Gasteiger partial charge in [-0.25, -0.2) is 18.2 Å². The highest BCUT2D eigenvalue weighted by molar-refractivity contribution is 5.71. The van der Waals surface area contributed by atoms with Crippen LogP contribution in [-0.2, 0) is 25.6 Å². The van der Waals surface area contributed by atoms with Crippen LogP contribution in [-0.4, -0.2) is 11.6 Å². The van der Waals surface area contributed by atoms with E-state index in [2.05, 4.69) is 11.9 Å². The van der Waals surface area contributed by atoms with E-state index in [9.17, 15) is 26.3 Å². The molecule has 1 heterocycles. The number of ether oxygens (including phenoxy) is 2. The Bertz CT molecular complexity index is 1270. The fraction of sp³-hybridized carbons (Fsp3) is 0.393. The third-order valence-corrected chi connectivity index (χ3v) is 6.31. The number of halogens is 6. The molecule has 1 aromatic heterocycles. The Kier molecular flexibility index (Phi) is 7.71. The normalized spacial score (nSPS) is 15.2. The number of alkyl halides is 3. The van der Waals surface area contributed by atoms with Crippen molar-refractivity contribution in [3.05, 3.63) is 76.2 Å². The molecule has 0 saturated heterocycles. The lowest BCUT2D eigenvalue weighted by Gasteiger charge is -2.18. The van der Waals surface area contributed by atoms with Gasteiger partial charge in [0.2, 0.25) is 5.88 Å². The smallest absolute Gasteiger partial charge is 0.417 e. The minimum absolute atomic E-state index is 0.143. The van der Waals surface area contributed by atoms with Crippen molar-refractivity contribution >= 4 is 0 Å². The molecule has 0 amide bonds. The molecular weight excluding hydrogens is 496 g/mol. The first-order chi connectivity index (χ1) is 17.4. The molecule has 37 heavy (non-hydrogen) atoms. The molecule has 0 radical (unpaired) electrons. The van der Waals surface area contributed by atoms with Gasteiger partial charge in [0.25, 0.3) is 0 Å². The van der Waals surface area contributed by atoms with Crippen molar-refractivity contribution in [2.24, 2.45) is 11.8 Å². The van der Waals surface area contributed by atoms with E-state index >= 15 is 0 Å². The largest absolute Gasteiger partial charge is 0.493 e. The molecule has 0 fully saturated rings. The average Bonchev–Trinajstić information content (AvgIpc) is 3.16. The molecule has 0 aliphatic heterocycles. The van der Waals surface area contributed by atoms with Crippen molar-refractivity contribution in [3.63, 3.8) is 0 Å². The van der Waals surface area contributed by atoms with Crippen LogP contribution < -0.4 is 9.47 Å². The van der Waals surface area contributed by atoms with Crippen LogP contribution in [0, 0.1) is 29.3 Å². The summed E-state index contributed by atoms with van der Waals surface area (Å²) < 4.78 is 96.8. The SMILES string of the molecule is CC(C)CCOc1cc(F)c(-c2cc(COc3cc4c(cn3)CC(C)C4)c(F)cc2C(F)(F)F)c(F)c1. The second-order valence-corrected chi connectivity index (χ2v) is 9.87. The Morgan fingerprint density at radius 3 is 2.24 bits per heavy atom. The molecular formula is C28H27F6NO2. The first-order valence-electron chi connectivity index (χ1n) is 12.0. The van der Waals surface area contributed by atoms with Gasteiger partial charge < -0.3 is 9.47 Å². The Balaban J connectivity index is 1.66. The predicted molar refractivity (Wildman–Crippen MR) is 127 cm³/mol. The number of benzene rings is 2. The standard InChI is InChI=1S/C28H27F6NO2/c1-15(2)4-5-36-20-10-24(30)27(25(31)11-20)21-8-19(23(29)12-22(21)28(32,33)34)14-37-26-9-17-6-16(3)7-18(17)13-35-26/h8-13,15-16H,4-7,14H2,1-3H3. The maximum atomic E-state index is 15.0. The Morgan fingerprint density at radius 2 is 1.59 bits per heavy atom. The summed E-state index contributed by atoms with van der Waals surface area (Å²) in [5, 5.41) is 0. The van der Waals surface area contributed by atoms with Crippen molar-refractivity contribution in [3.8, 4) is 22.8 Å². The molecule has 1 aliphatic rings. The van der Waals surface area contributed by atoms with Gasteiger partial charge in [-0.05, 0) is 54.4 Å². The summed E-state index contributed by atoms with van der Waals surface area (Å²) in [6.45, 7) is 5.71. The summed E-state index contributed by atoms with van der Waals surface area (Å²) in [6, 6.07) is 4.38. The maximum absolute atomic E-state index is 15.0. The summed E-state index contributed by atoms with van der Waals surface area (Å²) in [5.74, 6) is -2.92. The summed E-state index contributed by atoms with van der Waals surface area (Å²) >= 11 is 0. The van der Waals surface area contributed by atoms with Crippen LogP contribution >= 0.6 is 0 Å². The zero-order valence-corrected chi connectivity index (χ0v) is 20.7. The van der Waals surface area contributed by atoms with E-state index in [4.69, 9.17) is 9.47 Å². The fourth-order valence-corrected chi connectivity index (χ4v) is 4.40. The zero-order chi connectivity index (χ0) is 26.9. The van der Waals surface area contributed by atoms with E-state index in [1.807, 2.05) is 13.8 Å². The third kappa shape index (κ3) is 6.19. The molecule has 1 atom stereocenters. The molecule has 0 saturated carbocycles. The number of nitrogens with zero attached hydrogens (tertiary/aromatic N) is 1. The van der Waals surface area contributed by atoms with E-state index < -0.39 is 46.9 Å². The fourth-order valence-electron chi connectivity index (χ4n) is 4.40. The second kappa shape index (κ2) is 10.6. The number of aromatic nitrogens is 1. The van der Waals surface area contributed by atoms with Crippen LogP contribution in [0.25, 0.3) is 11.1 Å². The Hall–Kier alpha value is -3.23. The van der Waals surface area contributed by atoms with Gasteiger partial charge in [-0.2, -0.15) is 13.2 Å². The lowest BCUT2D eigenvalue weighted by atomic mass is 9.95. The molecule has 3 aromatic rings. The molecule has 4 rings (SSSR count). The third-order valence-electron chi connectivity index (χ3n) is 6.31. The quantitative estimate of drug-likeness (QED) is 0.281. The average molecular weight is 524 g/mol. The van der Waals surface area contributed by atoms with E-state index in [0.29, 0.717) is 18.3 Å². The summed E-state index contributed by atoms with van der Waals surface area (Å²) in [7, 11) is 0. The molecule has 1 unspecified atom stereocenters. The van der Waals surface area contributed by atoms with Gasteiger partial charge in [-0.1, -0.05) is 20.8 Å². The molecule has 9 heteroatoms. The van der Waals surface area contributed by atoms with Crippen molar-refractivity contribution in [2.45, 2.75) is 52.8 Å². The number of fused-ring (bicyclic) bond motifs is 1. The lowest BCUT2D eigenvalue weighted by Crippen LogP contribution is -2.12. The number of hydrogen-bond donors (Lipinski definition) is 0. The van der Waals surface area contributed by atoms with Crippen molar-refractivity contribution in [1.82, 2.24) is 4.98 Å². The topological polar surface area (TPSA) is 31.4 Å². The first-order valence-corrected chi connectivity index (χ1v) is 12.0. The maximum Gasteiger partial charge on any atom is 0.417 e. The van der Waals surface area contributed by atoms with Gasteiger partial charge in [0.15, 0.2) is 0 Å². The van der Waals surface area contributed by atoms with Crippen LogP contribution in [0.5, 0.6) is 11.6 Å². The summed E-state index contributed by atoms with van der Waals surface area (Å²) in [6.07, 6.45) is -1.04. The minimum atomic E-state index is -5.06. The van der Waals surface area contributed by atoms with Gasteiger partial charge in [-0.15, -0.1) is 0 Å². The van der Waals surface area contributed by atoms with Gasteiger partial charge >= 0.3 is 6.18 Å². The molecule has 2 aromatic carbocycles. The van der Waals surface area contributed by atoms with Gasteiger partial charge in [-0.3, -0.25) is 0 Å². The van der Waals surface area contributed by atoms with Crippen molar-refractivity contribution < 1.29 is 35.8 Å². The van der Waals surface area contributed by atoms with Crippen LogP contribution in [0.15, 0.2) is 36.5 Å². The highest BCUT2D eigenvalue weighted by Crippen LogP contribution is 2.41. The molecule has 1 aliphatic carbocycles. The molecule has 0 N–H and O–H groups in total. The molecule has 3 nitrogen and oxygen atoms in total. The highest BCUT2D eigenvalue weighted by Gasteiger charge is 2.36. The monoisotopic (exact) mass is 523 g/mol. The van der Waals surface area contributed by atoms with Crippen LogP contribution in [0.1, 0.15) is 49.4 Å². The molecule has 198 valence electrons. The van der Waals surface area contributed by atoms with Gasteiger partial charge in [0.1, 0.15) is 29.8 Å². The van der Waals surface area contributed by atoms with Gasteiger partial charge in [0.05, 0.1) is 17.7 Å². The Morgan fingerprint density at radius 1 is 0.919 bits per heavy atom. The number of rotatable bonds is 8. The summed E-state index contributed by atoms with van der Waals surface area (Å²) in [4.78, 5) is 4.18. The van der Waals surface area contributed by atoms with Crippen LogP contribution in [0.2, 0.25) is 0 Å². The van der Waals surface area contributed by atoms with E-state index in [1.54, 1.807) is 12.3 Å². The molecule has 0 spiro atoms. The van der Waals surface area contributed by atoms with Crippen LogP contribution in [0.4, 0.5) is 26.3 Å². The zero-order valence-electron chi connectivity index (χ0n) is 20.7. The number of pyridine rings is 1. The number of hydrogen-bond acceptors (Lipinski definition) is 3. The highest BCUT2D eigenvalue weighted by atomic mass is 19.4. The minimum Gasteiger partial charge on any atom is -0.493 e. The summed E-state index contributed by atoms with van der Waals surface area (Å²) in [5.41, 5.74) is -1.41. The van der Waals surface area contributed by atoms with E-state index in [0.717, 1.165) is 42.2 Å².